The number of carbonyl (C=O) groups is 1. The van der Waals surface area contributed by atoms with Crippen LogP contribution in [0.25, 0.3) is 5.69 Å². The van der Waals surface area contributed by atoms with E-state index in [1.54, 1.807) is 10.7 Å². The standard InChI is InChI=1S/C15H14BrClN2O2/c16-9-6-7-13(11(17)8-9)19-12-5-3-1-2-4-10(12)14(18-19)15(20)21/h6-8H,1-5H2,(H,20,21). The van der Waals surface area contributed by atoms with Crippen molar-refractivity contribution in [1.82, 2.24) is 9.78 Å². The Bertz CT molecular complexity index is 712. The third-order valence-electron chi connectivity index (χ3n) is 3.77. The Hall–Kier alpha value is -1.33. The van der Waals surface area contributed by atoms with Crippen LogP contribution in [0.4, 0.5) is 0 Å². The van der Waals surface area contributed by atoms with Crippen LogP contribution in [0.2, 0.25) is 5.02 Å². The van der Waals surface area contributed by atoms with E-state index in [4.69, 9.17) is 11.6 Å². The van der Waals surface area contributed by atoms with Gasteiger partial charge in [-0.1, -0.05) is 34.0 Å². The highest BCUT2D eigenvalue weighted by Crippen LogP contribution is 2.30. The Kier molecular flexibility index (Phi) is 4.04. The molecule has 0 saturated heterocycles. The third-order valence-corrected chi connectivity index (χ3v) is 4.57. The molecule has 0 saturated carbocycles. The van der Waals surface area contributed by atoms with Crippen LogP contribution in [0, 0.1) is 0 Å². The van der Waals surface area contributed by atoms with Gasteiger partial charge in [0.15, 0.2) is 5.69 Å². The summed E-state index contributed by atoms with van der Waals surface area (Å²) in [7, 11) is 0. The topological polar surface area (TPSA) is 55.1 Å². The van der Waals surface area contributed by atoms with Gasteiger partial charge >= 0.3 is 5.97 Å². The third kappa shape index (κ3) is 2.72. The number of carboxylic acid groups (broad SMARTS) is 1. The minimum atomic E-state index is -0.972. The predicted molar refractivity (Wildman–Crippen MR) is 84.5 cm³/mol. The smallest absolute Gasteiger partial charge is 0.356 e. The maximum absolute atomic E-state index is 11.5. The fourth-order valence-electron chi connectivity index (χ4n) is 2.80. The Labute approximate surface area is 135 Å². The van der Waals surface area contributed by atoms with Crippen molar-refractivity contribution in [1.29, 1.82) is 0 Å². The van der Waals surface area contributed by atoms with E-state index in [1.165, 1.54) is 0 Å². The summed E-state index contributed by atoms with van der Waals surface area (Å²) in [5.41, 5.74) is 2.73. The summed E-state index contributed by atoms with van der Waals surface area (Å²) in [6.45, 7) is 0. The summed E-state index contributed by atoms with van der Waals surface area (Å²) in [6.07, 6.45) is 4.77. The maximum atomic E-state index is 11.5. The van der Waals surface area contributed by atoms with Crippen LogP contribution < -0.4 is 0 Å². The molecule has 0 spiro atoms. The van der Waals surface area contributed by atoms with Crippen LogP contribution in [-0.2, 0) is 12.8 Å². The lowest BCUT2D eigenvalue weighted by Crippen LogP contribution is -2.04. The molecule has 0 radical (unpaired) electrons. The molecule has 3 rings (SSSR count). The highest BCUT2D eigenvalue weighted by atomic mass is 79.9. The van der Waals surface area contributed by atoms with Crippen LogP contribution in [0.15, 0.2) is 22.7 Å². The molecule has 0 bridgehead atoms. The molecule has 1 aliphatic carbocycles. The quantitative estimate of drug-likeness (QED) is 0.805. The van der Waals surface area contributed by atoms with E-state index in [2.05, 4.69) is 21.0 Å². The van der Waals surface area contributed by atoms with E-state index in [0.29, 0.717) is 5.02 Å². The average molecular weight is 370 g/mol. The Balaban J connectivity index is 2.20. The first-order valence-electron chi connectivity index (χ1n) is 6.87. The SMILES string of the molecule is O=C(O)c1nn(-c2ccc(Br)cc2Cl)c2c1CCCCC2. The first-order chi connectivity index (χ1) is 10.1. The monoisotopic (exact) mass is 368 g/mol. The lowest BCUT2D eigenvalue weighted by Gasteiger charge is -2.09. The van der Waals surface area contributed by atoms with Crippen LogP contribution in [0.3, 0.4) is 0 Å². The van der Waals surface area contributed by atoms with Crippen molar-refractivity contribution in [3.05, 3.63) is 44.6 Å². The van der Waals surface area contributed by atoms with E-state index >= 15 is 0 Å². The van der Waals surface area contributed by atoms with Gasteiger partial charge in [-0.05, 0) is 43.9 Å². The van der Waals surface area contributed by atoms with Gasteiger partial charge in [0, 0.05) is 15.7 Å². The molecule has 1 aromatic carbocycles. The van der Waals surface area contributed by atoms with Gasteiger partial charge in [-0.3, -0.25) is 0 Å². The number of benzene rings is 1. The van der Waals surface area contributed by atoms with Crippen molar-refractivity contribution in [3.8, 4) is 5.69 Å². The van der Waals surface area contributed by atoms with Crippen molar-refractivity contribution < 1.29 is 9.90 Å². The molecule has 6 heteroatoms. The molecule has 21 heavy (non-hydrogen) atoms. The van der Waals surface area contributed by atoms with E-state index < -0.39 is 5.97 Å². The second-order valence-electron chi connectivity index (χ2n) is 5.15. The minimum Gasteiger partial charge on any atom is -0.476 e. The molecule has 1 N–H and O–H groups in total. The molecule has 0 fully saturated rings. The fourth-order valence-corrected chi connectivity index (χ4v) is 3.55. The number of hydrogen-bond donors (Lipinski definition) is 1. The molecule has 0 unspecified atom stereocenters. The van der Waals surface area contributed by atoms with Gasteiger partial charge in [0.2, 0.25) is 0 Å². The predicted octanol–water partition coefficient (Wildman–Crippen LogP) is 4.26. The molecule has 110 valence electrons. The van der Waals surface area contributed by atoms with Crippen LogP contribution in [0.5, 0.6) is 0 Å². The van der Waals surface area contributed by atoms with E-state index in [9.17, 15) is 9.90 Å². The van der Waals surface area contributed by atoms with Crippen LogP contribution >= 0.6 is 27.5 Å². The average Bonchev–Trinajstić information content (AvgIpc) is 2.63. The number of carboxylic acids is 1. The van der Waals surface area contributed by atoms with Crippen molar-refractivity contribution in [2.24, 2.45) is 0 Å². The number of aromatic nitrogens is 2. The van der Waals surface area contributed by atoms with Gasteiger partial charge < -0.3 is 5.11 Å². The van der Waals surface area contributed by atoms with Crippen molar-refractivity contribution in [2.75, 3.05) is 0 Å². The summed E-state index contributed by atoms with van der Waals surface area (Å²) in [5, 5.41) is 14.3. The molecular weight excluding hydrogens is 356 g/mol. The van der Waals surface area contributed by atoms with Crippen molar-refractivity contribution >= 4 is 33.5 Å². The van der Waals surface area contributed by atoms with E-state index in [0.717, 1.165) is 53.5 Å². The maximum Gasteiger partial charge on any atom is 0.356 e. The van der Waals surface area contributed by atoms with Gasteiger partial charge in [-0.2, -0.15) is 5.10 Å². The van der Waals surface area contributed by atoms with Gasteiger partial charge in [0.05, 0.1) is 10.7 Å². The van der Waals surface area contributed by atoms with Gasteiger partial charge in [-0.15, -0.1) is 0 Å². The Morgan fingerprint density at radius 2 is 2.05 bits per heavy atom. The fraction of sp³-hybridized carbons (Fsp3) is 0.333. The molecule has 0 amide bonds. The lowest BCUT2D eigenvalue weighted by molar-refractivity contribution is 0.0688. The molecular formula is C15H14BrClN2O2. The van der Waals surface area contributed by atoms with Gasteiger partial charge in [0.1, 0.15) is 0 Å². The molecule has 2 aromatic rings. The summed E-state index contributed by atoms with van der Waals surface area (Å²) in [5.74, 6) is -0.972. The van der Waals surface area contributed by atoms with Crippen LogP contribution in [-0.4, -0.2) is 20.9 Å². The van der Waals surface area contributed by atoms with Gasteiger partial charge in [-0.25, -0.2) is 9.48 Å². The lowest BCUT2D eigenvalue weighted by atomic mass is 10.1. The van der Waals surface area contributed by atoms with Crippen molar-refractivity contribution in [2.45, 2.75) is 32.1 Å². The largest absolute Gasteiger partial charge is 0.476 e. The molecule has 1 heterocycles. The summed E-state index contributed by atoms with van der Waals surface area (Å²) in [4.78, 5) is 11.5. The normalized spacial score (nSPS) is 14.6. The van der Waals surface area contributed by atoms with Crippen LogP contribution in [0.1, 0.15) is 41.0 Å². The van der Waals surface area contributed by atoms with Crippen molar-refractivity contribution in [3.63, 3.8) is 0 Å². The zero-order valence-corrected chi connectivity index (χ0v) is 13.6. The Morgan fingerprint density at radius 3 is 2.76 bits per heavy atom. The highest BCUT2D eigenvalue weighted by Gasteiger charge is 2.25. The highest BCUT2D eigenvalue weighted by molar-refractivity contribution is 9.10. The summed E-state index contributed by atoms with van der Waals surface area (Å²) < 4.78 is 2.59. The first-order valence-corrected chi connectivity index (χ1v) is 8.04. The number of halogens is 2. The minimum absolute atomic E-state index is 0.158. The van der Waals surface area contributed by atoms with E-state index in [-0.39, 0.29) is 5.69 Å². The summed E-state index contributed by atoms with van der Waals surface area (Å²) >= 11 is 9.67. The number of hydrogen-bond acceptors (Lipinski definition) is 2. The second kappa shape index (κ2) is 5.81. The van der Waals surface area contributed by atoms with E-state index in [1.807, 2.05) is 12.1 Å². The molecule has 1 aromatic heterocycles. The van der Waals surface area contributed by atoms with Gasteiger partial charge in [0.25, 0.3) is 0 Å². The Morgan fingerprint density at radius 1 is 1.29 bits per heavy atom. The number of aromatic carboxylic acids is 1. The molecule has 4 nitrogen and oxygen atoms in total. The number of fused-ring (bicyclic) bond motifs is 1. The summed E-state index contributed by atoms with van der Waals surface area (Å²) in [6, 6.07) is 5.53. The zero-order valence-electron chi connectivity index (χ0n) is 11.3. The molecule has 1 aliphatic rings. The zero-order chi connectivity index (χ0) is 15.0. The molecule has 0 atom stereocenters. The first kappa shape index (κ1) is 14.6. The molecule has 0 aliphatic heterocycles. The number of rotatable bonds is 2. The number of nitrogens with zero attached hydrogens (tertiary/aromatic N) is 2. The second-order valence-corrected chi connectivity index (χ2v) is 6.47.